The Labute approximate surface area is 106 Å². The lowest BCUT2D eigenvalue weighted by Gasteiger charge is -2.20. The molecule has 0 saturated carbocycles. The van der Waals surface area contributed by atoms with E-state index in [1.54, 1.807) is 0 Å². The first kappa shape index (κ1) is 16.2. The predicted octanol–water partition coefficient (Wildman–Crippen LogP) is 0.926. The lowest BCUT2D eigenvalue weighted by molar-refractivity contribution is 0.292. The average molecular weight is 243 g/mol. The molecule has 0 aliphatic carbocycles. The predicted molar refractivity (Wildman–Crippen MR) is 74.9 cm³/mol. The molecule has 0 fully saturated rings. The molecule has 0 aromatic heterocycles. The van der Waals surface area contributed by atoms with Crippen LogP contribution in [-0.4, -0.2) is 43.1 Å². The minimum Gasteiger partial charge on any atom is -0.353 e. The number of aliphatic imine (C=N–C) groups is 1. The van der Waals surface area contributed by atoms with Crippen LogP contribution in [0.2, 0.25) is 0 Å². The molecule has 0 heterocycles. The van der Waals surface area contributed by atoms with Gasteiger partial charge in [-0.1, -0.05) is 13.8 Å². The summed E-state index contributed by atoms with van der Waals surface area (Å²) in [6.45, 7) is 12.7. The van der Waals surface area contributed by atoms with E-state index in [2.05, 4.69) is 41.4 Å². The van der Waals surface area contributed by atoms with E-state index < -0.39 is 0 Å². The van der Waals surface area contributed by atoms with Crippen LogP contribution in [0, 0.1) is 0 Å². The van der Waals surface area contributed by atoms with Crippen LogP contribution < -0.4 is 16.6 Å². The molecule has 4 N–H and O–H groups in total. The van der Waals surface area contributed by atoms with Gasteiger partial charge in [-0.25, -0.2) is 5.84 Å². The SMILES string of the molecule is CCN=C(NN)NC(C)CCCN(CC)CC. The molecule has 0 radical (unpaired) electrons. The van der Waals surface area contributed by atoms with Crippen molar-refractivity contribution in [2.75, 3.05) is 26.2 Å². The number of guanidine groups is 1. The number of hydrazine groups is 1. The quantitative estimate of drug-likeness (QED) is 0.257. The van der Waals surface area contributed by atoms with E-state index in [0.717, 1.165) is 32.6 Å². The number of hydrogen-bond donors (Lipinski definition) is 3. The highest BCUT2D eigenvalue weighted by Crippen LogP contribution is 1.99. The summed E-state index contributed by atoms with van der Waals surface area (Å²) in [6.07, 6.45) is 2.32. The maximum absolute atomic E-state index is 5.38. The Balaban J connectivity index is 3.78. The van der Waals surface area contributed by atoms with Crippen molar-refractivity contribution < 1.29 is 0 Å². The number of nitrogens with zero attached hydrogens (tertiary/aromatic N) is 2. The van der Waals surface area contributed by atoms with Crippen LogP contribution >= 0.6 is 0 Å². The Morgan fingerprint density at radius 1 is 1.29 bits per heavy atom. The third kappa shape index (κ3) is 7.99. The molecule has 0 aliphatic rings. The molecule has 0 amide bonds. The highest BCUT2D eigenvalue weighted by atomic mass is 15.3. The fourth-order valence-electron chi connectivity index (χ4n) is 1.76. The first-order valence-corrected chi connectivity index (χ1v) is 6.67. The van der Waals surface area contributed by atoms with E-state index in [0.29, 0.717) is 12.0 Å². The van der Waals surface area contributed by atoms with Crippen molar-refractivity contribution in [3.05, 3.63) is 0 Å². The van der Waals surface area contributed by atoms with Gasteiger partial charge in [0.2, 0.25) is 5.96 Å². The molecule has 1 unspecified atom stereocenters. The van der Waals surface area contributed by atoms with Crippen molar-refractivity contribution in [2.24, 2.45) is 10.8 Å². The summed E-state index contributed by atoms with van der Waals surface area (Å²) in [4.78, 5) is 6.66. The lowest BCUT2D eigenvalue weighted by Crippen LogP contribution is -2.45. The molecule has 1 atom stereocenters. The molecule has 0 rings (SSSR count). The van der Waals surface area contributed by atoms with Gasteiger partial charge in [-0.3, -0.25) is 10.4 Å². The molecule has 0 aromatic rings. The summed E-state index contributed by atoms with van der Waals surface area (Å²) in [5.74, 6) is 6.06. The Morgan fingerprint density at radius 2 is 1.94 bits per heavy atom. The van der Waals surface area contributed by atoms with Crippen LogP contribution in [-0.2, 0) is 0 Å². The Bertz CT molecular complexity index is 201. The van der Waals surface area contributed by atoms with Gasteiger partial charge in [-0.15, -0.1) is 0 Å². The highest BCUT2D eigenvalue weighted by molar-refractivity contribution is 5.79. The maximum Gasteiger partial charge on any atom is 0.205 e. The van der Waals surface area contributed by atoms with E-state index in [1.165, 1.54) is 6.42 Å². The molecule has 5 heteroatoms. The molecule has 0 saturated heterocycles. The van der Waals surface area contributed by atoms with Crippen molar-refractivity contribution in [2.45, 2.75) is 46.6 Å². The van der Waals surface area contributed by atoms with Crippen LogP contribution in [0.1, 0.15) is 40.5 Å². The molecule has 0 bridgehead atoms. The van der Waals surface area contributed by atoms with Crippen molar-refractivity contribution in [3.63, 3.8) is 0 Å². The lowest BCUT2D eigenvalue weighted by atomic mass is 10.2. The van der Waals surface area contributed by atoms with Gasteiger partial charge in [-0.2, -0.15) is 0 Å². The maximum atomic E-state index is 5.38. The Kier molecular flexibility index (Phi) is 9.86. The molecular weight excluding hydrogens is 214 g/mol. The molecule has 0 aliphatic heterocycles. The second-order valence-corrected chi connectivity index (χ2v) is 4.18. The fraction of sp³-hybridized carbons (Fsp3) is 0.917. The zero-order valence-corrected chi connectivity index (χ0v) is 11.8. The first-order valence-electron chi connectivity index (χ1n) is 6.67. The normalized spacial score (nSPS) is 13.9. The zero-order chi connectivity index (χ0) is 13.1. The number of rotatable bonds is 8. The van der Waals surface area contributed by atoms with E-state index in [4.69, 9.17) is 5.84 Å². The minimum absolute atomic E-state index is 0.395. The monoisotopic (exact) mass is 243 g/mol. The largest absolute Gasteiger partial charge is 0.353 e. The second kappa shape index (κ2) is 10.4. The van der Waals surface area contributed by atoms with Crippen LogP contribution in [0.15, 0.2) is 4.99 Å². The number of hydrogen-bond acceptors (Lipinski definition) is 3. The van der Waals surface area contributed by atoms with E-state index in [9.17, 15) is 0 Å². The molecular formula is C12H29N5. The van der Waals surface area contributed by atoms with Crippen molar-refractivity contribution in [1.82, 2.24) is 15.6 Å². The summed E-state index contributed by atoms with van der Waals surface area (Å²) >= 11 is 0. The third-order valence-electron chi connectivity index (χ3n) is 2.84. The van der Waals surface area contributed by atoms with Crippen LogP contribution in [0.5, 0.6) is 0 Å². The van der Waals surface area contributed by atoms with Crippen molar-refractivity contribution in [3.8, 4) is 0 Å². The van der Waals surface area contributed by atoms with E-state index in [-0.39, 0.29) is 0 Å². The minimum atomic E-state index is 0.395. The van der Waals surface area contributed by atoms with Crippen molar-refractivity contribution in [1.29, 1.82) is 0 Å². The van der Waals surface area contributed by atoms with Gasteiger partial charge in [0.05, 0.1) is 0 Å². The highest BCUT2D eigenvalue weighted by Gasteiger charge is 2.05. The average Bonchev–Trinajstić information content (AvgIpc) is 2.34. The van der Waals surface area contributed by atoms with Crippen LogP contribution in [0.25, 0.3) is 0 Å². The first-order chi connectivity index (χ1) is 8.17. The third-order valence-corrected chi connectivity index (χ3v) is 2.84. The smallest absolute Gasteiger partial charge is 0.205 e. The standard InChI is InChI=1S/C12H29N5/c1-5-14-12(16-13)15-11(4)9-8-10-17(6-2)7-3/h11H,5-10,13H2,1-4H3,(H2,14,15,16). The second-order valence-electron chi connectivity index (χ2n) is 4.18. The van der Waals surface area contributed by atoms with Gasteiger partial charge in [0, 0.05) is 12.6 Å². The van der Waals surface area contributed by atoms with Crippen LogP contribution in [0.4, 0.5) is 0 Å². The summed E-state index contributed by atoms with van der Waals surface area (Å²) < 4.78 is 0. The Morgan fingerprint density at radius 3 is 2.41 bits per heavy atom. The fourth-order valence-corrected chi connectivity index (χ4v) is 1.76. The van der Waals surface area contributed by atoms with E-state index in [1.807, 2.05) is 6.92 Å². The molecule has 17 heavy (non-hydrogen) atoms. The van der Waals surface area contributed by atoms with Gasteiger partial charge >= 0.3 is 0 Å². The Hall–Kier alpha value is -0.810. The van der Waals surface area contributed by atoms with Gasteiger partial charge < -0.3 is 10.2 Å². The van der Waals surface area contributed by atoms with Gasteiger partial charge in [0.15, 0.2) is 0 Å². The summed E-state index contributed by atoms with van der Waals surface area (Å²) in [5.41, 5.74) is 2.58. The number of nitrogens with one attached hydrogen (secondary N) is 2. The molecule has 5 nitrogen and oxygen atoms in total. The number of nitrogens with two attached hydrogens (primary N) is 1. The van der Waals surface area contributed by atoms with Crippen molar-refractivity contribution >= 4 is 5.96 Å². The van der Waals surface area contributed by atoms with E-state index >= 15 is 0 Å². The van der Waals surface area contributed by atoms with Gasteiger partial charge in [0.25, 0.3) is 0 Å². The molecule has 0 spiro atoms. The topological polar surface area (TPSA) is 65.7 Å². The molecule has 102 valence electrons. The molecule has 0 aromatic carbocycles. The summed E-state index contributed by atoms with van der Waals surface area (Å²) in [7, 11) is 0. The van der Waals surface area contributed by atoms with Crippen LogP contribution in [0.3, 0.4) is 0 Å². The van der Waals surface area contributed by atoms with Gasteiger partial charge in [0.1, 0.15) is 0 Å². The summed E-state index contributed by atoms with van der Waals surface area (Å²) in [5, 5.41) is 3.27. The zero-order valence-electron chi connectivity index (χ0n) is 11.8. The van der Waals surface area contributed by atoms with Gasteiger partial charge in [-0.05, 0) is 46.3 Å². The summed E-state index contributed by atoms with van der Waals surface area (Å²) in [6, 6.07) is 0.395.